The number of nitrogen functional groups attached to an aromatic ring is 1. The third kappa shape index (κ3) is 4.62. The van der Waals surface area contributed by atoms with Gasteiger partial charge in [-0.3, -0.25) is 0 Å². The third-order valence-electron chi connectivity index (χ3n) is 2.76. The molecular weight excluding hydrogens is 367 g/mol. The molecule has 0 saturated heterocycles. The van der Waals surface area contributed by atoms with Crippen molar-refractivity contribution in [1.29, 1.82) is 0 Å². The predicted molar refractivity (Wildman–Crippen MR) is 81.0 cm³/mol. The van der Waals surface area contributed by atoms with Crippen LogP contribution in [0.15, 0.2) is 21.5 Å². The van der Waals surface area contributed by atoms with Crippen molar-refractivity contribution in [2.24, 2.45) is 0 Å². The summed E-state index contributed by atoms with van der Waals surface area (Å²) in [6.45, 7) is 0.754. The van der Waals surface area contributed by atoms with Crippen LogP contribution in [0.2, 0.25) is 0 Å². The first-order valence-electron chi connectivity index (χ1n) is 6.07. The second-order valence-corrected chi connectivity index (χ2v) is 6.95. The van der Waals surface area contributed by atoms with Crippen molar-refractivity contribution in [2.75, 3.05) is 46.3 Å². The normalized spacial score (nSPS) is 12.0. The Morgan fingerprint density at radius 1 is 1.24 bits per heavy atom. The molecule has 21 heavy (non-hydrogen) atoms. The Labute approximate surface area is 132 Å². The van der Waals surface area contributed by atoms with E-state index in [0.29, 0.717) is 0 Å². The minimum absolute atomic E-state index is 0.0358. The van der Waals surface area contributed by atoms with E-state index in [-0.39, 0.29) is 41.4 Å². The number of nitrogens with zero attached hydrogens (tertiary/aromatic N) is 1. The van der Waals surface area contributed by atoms with E-state index in [2.05, 4.69) is 15.9 Å². The first-order valence-corrected chi connectivity index (χ1v) is 8.30. The summed E-state index contributed by atoms with van der Waals surface area (Å²) in [6.07, 6.45) is 0. The Bertz CT molecular complexity index is 575. The predicted octanol–water partition coefficient (Wildman–Crippen LogP) is 1.45. The fraction of sp³-hybridized carbons (Fsp3) is 0.500. The van der Waals surface area contributed by atoms with Gasteiger partial charge in [-0.2, -0.15) is 4.31 Å². The molecule has 9 heteroatoms. The molecule has 0 spiro atoms. The van der Waals surface area contributed by atoms with Gasteiger partial charge in [0.1, 0.15) is 10.7 Å². The number of sulfonamides is 1. The lowest BCUT2D eigenvalue weighted by molar-refractivity contribution is 0.150. The average Bonchev–Trinajstić information content (AvgIpc) is 2.42. The van der Waals surface area contributed by atoms with Gasteiger partial charge >= 0.3 is 0 Å². The van der Waals surface area contributed by atoms with Gasteiger partial charge in [0.15, 0.2) is 0 Å². The maximum Gasteiger partial charge on any atom is 0.245 e. The number of halogens is 2. The number of hydrogen-bond acceptors (Lipinski definition) is 5. The molecular formula is C12H18BrFN2O4S. The standard InChI is InChI=1S/C12H18BrFN2O4S/c1-19-5-3-16(4-6-20-2)21(17,18)12-7-9(13)10(14)8-11(12)15/h7-8H,3-6,15H2,1-2H3. The molecule has 0 aliphatic rings. The third-order valence-corrected chi connectivity index (χ3v) is 5.32. The topological polar surface area (TPSA) is 81.9 Å². The van der Waals surface area contributed by atoms with E-state index in [1.165, 1.54) is 18.5 Å². The summed E-state index contributed by atoms with van der Waals surface area (Å²) in [7, 11) is -0.912. The van der Waals surface area contributed by atoms with Crippen LogP contribution >= 0.6 is 15.9 Å². The van der Waals surface area contributed by atoms with Crippen LogP contribution in [0.3, 0.4) is 0 Å². The number of methoxy groups -OCH3 is 2. The molecule has 0 radical (unpaired) electrons. The Morgan fingerprint density at radius 3 is 2.24 bits per heavy atom. The molecule has 1 aromatic rings. The SMILES string of the molecule is COCCN(CCOC)S(=O)(=O)c1cc(Br)c(F)cc1N. The number of ether oxygens (including phenoxy) is 2. The van der Waals surface area contributed by atoms with Crippen LogP contribution in [-0.4, -0.2) is 53.2 Å². The summed E-state index contributed by atoms with van der Waals surface area (Å²) in [4.78, 5) is -0.150. The van der Waals surface area contributed by atoms with E-state index in [4.69, 9.17) is 15.2 Å². The van der Waals surface area contributed by atoms with Gasteiger partial charge in [-0.15, -0.1) is 0 Å². The van der Waals surface area contributed by atoms with Crippen LogP contribution < -0.4 is 5.73 Å². The summed E-state index contributed by atoms with van der Waals surface area (Å²) in [5.41, 5.74) is 5.50. The van der Waals surface area contributed by atoms with Crippen LogP contribution in [0.5, 0.6) is 0 Å². The largest absolute Gasteiger partial charge is 0.398 e. The molecule has 0 fully saturated rings. The fourth-order valence-corrected chi connectivity index (χ4v) is 3.67. The zero-order valence-electron chi connectivity index (χ0n) is 11.8. The quantitative estimate of drug-likeness (QED) is 0.686. The number of anilines is 1. The minimum Gasteiger partial charge on any atom is -0.398 e. The Balaban J connectivity index is 3.18. The van der Waals surface area contributed by atoms with Crippen molar-refractivity contribution in [2.45, 2.75) is 4.90 Å². The molecule has 0 amide bonds. The molecule has 6 nitrogen and oxygen atoms in total. The van der Waals surface area contributed by atoms with E-state index < -0.39 is 15.8 Å². The molecule has 0 saturated carbocycles. The Morgan fingerprint density at radius 2 is 1.76 bits per heavy atom. The van der Waals surface area contributed by atoms with Gasteiger partial charge in [-0.25, -0.2) is 12.8 Å². The van der Waals surface area contributed by atoms with E-state index in [1.54, 1.807) is 0 Å². The summed E-state index contributed by atoms with van der Waals surface area (Å²) in [5, 5.41) is 0. The van der Waals surface area contributed by atoms with Crippen molar-refractivity contribution in [3.8, 4) is 0 Å². The van der Waals surface area contributed by atoms with E-state index in [9.17, 15) is 12.8 Å². The van der Waals surface area contributed by atoms with Gasteiger partial charge in [0.2, 0.25) is 10.0 Å². The summed E-state index contributed by atoms with van der Waals surface area (Å²) >= 11 is 2.96. The van der Waals surface area contributed by atoms with Crippen LogP contribution in [0.4, 0.5) is 10.1 Å². The van der Waals surface area contributed by atoms with E-state index in [0.717, 1.165) is 12.1 Å². The lowest BCUT2D eigenvalue weighted by Crippen LogP contribution is -2.36. The fourth-order valence-electron chi connectivity index (χ4n) is 1.64. The highest BCUT2D eigenvalue weighted by molar-refractivity contribution is 9.10. The van der Waals surface area contributed by atoms with E-state index >= 15 is 0 Å². The molecule has 0 aliphatic heterocycles. The molecule has 0 aromatic heterocycles. The molecule has 2 N–H and O–H groups in total. The number of rotatable bonds is 8. The molecule has 0 unspecified atom stereocenters. The molecule has 0 heterocycles. The number of benzene rings is 1. The summed E-state index contributed by atoms with van der Waals surface area (Å²) < 4.78 is 49.7. The maximum atomic E-state index is 13.4. The highest BCUT2D eigenvalue weighted by Gasteiger charge is 2.27. The lowest BCUT2D eigenvalue weighted by Gasteiger charge is -2.22. The van der Waals surface area contributed by atoms with Crippen LogP contribution in [0.25, 0.3) is 0 Å². The van der Waals surface area contributed by atoms with Crippen molar-refractivity contribution in [3.63, 3.8) is 0 Å². The highest BCUT2D eigenvalue weighted by atomic mass is 79.9. The van der Waals surface area contributed by atoms with Crippen LogP contribution in [0, 0.1) is 5.82 Å². The summed E-state index contributed by atoms with van der Waals surface area (Å²) in [6, 6.07) is 2.13. The van der Waals surface area contributed by atoms with E-state index in [1.807, 2.05) is 0 Å². The monoisotopic (exact) mass is 384 g/mol. The zero-order valence-corrected chi connectivity index (χ0v) is 14.2. The molecule has 0 bridgehead atoms. The van der Waals surface area contributed by atoms with Crippen molar-refractivity contribution in [1.82, 2.24) is 4.31 Å². The smallest absolute Gasteiger partial charge is 0.245 e. The second kappa shape index (κ2) is 8.04. The van der Waals surface area contributed by atoms with Crippen LogP contribution in [-0.2, 0) is 19.5 Å². The van der Waals surface area contributed by atoms with Crippen molar-refractivity contribution in [3.05, 3.63) is 22.4 Å². The van der Waals surface area contributed by atoms with Gasteiger partial charge in [-0.1, -0.05) is 0 Å². The highest BCUT2D eigenvalue weighted by Crippen LogP contribution is 2.28. The summed E-state index contributed by atoms with van der Waals surface area (Å²) in [5.74, 6) is -0.619. The van der Waals surface area contributed by atoms with Crippen LogP contribution in [0.1, 0.15) is 0 Å². The molecule has 120 valence electrons. The minimum atomic E-state index is -3.86. The lowest BCUT2D eigenvalue weighted by atomic mass is 10.3. The molecule has 1 aromatic carbocycles. The average molecular weight is 385 g/mol. The van der Waals surface area contributed by atoms with Crippen molar-refractivity contribution >= 4 is 31.6 Å². The van der Waals surface area contributed by atoms with Gasteiger partial charge in [-0.05, 0) is 28.1 Å². The Kier molecular flexibility index (Phi) is 7.01. The molecule has 0 atom stereocenters. The number of nitrogens with two attached hydrogens (primary N) is 1. The van der Waals surface area contributed by atoms with Crippen molar-refractivity contribution < 1.29 is 22.3 Å². The molecule has 1 rings (SSSR count). The van der Waals surface area contributed by atoms with Gasteiger partial charge in [0, 0.05) is 27.3 Å². The Hall–Kier alpha value is -0.740. The maximum absolute atomic E-state index is 13.4. The molecule has 0 aliphatic carbocycles. The second-order valence-electron chi connectivity index (χ2n) is 4.19. The number of hydrogen-bond donors (Lipinski definition) is 1. The zero-order chi connectivity index (χ0) is 16.0. The first-order chi connectivity index (χ1) is 9.84. The first kappa shape index (κ1) is 18.3. The van der Waals surface area contributed by atoms with Gasteiger partial charge < -0.3 is 15.2 Å². The van der Waals surface area contributed by atoms with Gasteiger partial charge in [0.25, 0.3) is 0 Å². The van der Waals surface area contributed by atoms with Gasteiger partial charge in [0.05, 0.1) is 23.4 Å².